The molecule has 1 aromatic rings. The Kier molecular flexibility index (Phi) is 6.45. The minimum Gasteiger partial charge on any atom is -0.376 e. The molecule has 24 heavy (non-hydrogen) atoms. The lowest BCUT2D eigenvalue weighted by atomic mass is 10.1. The van der Waals surface area contributed by atoms with E-state index in [1.54, 1.807) is 4.90 Å². The molecule has 0 radical (unpaired) electrons. The van der Waals surface area contributed by atoms with Crippen molar-refractivity contribution in [3.05, 3.63) is 23.2 Å². The molecule has 1 heterocycles. The van der Waals surface area contributed by atoms with Crippen LogP contribution in [0, 0.1) is 0 Å². The number of nitrogens with zero attached hydrogens (tertiary/aromatic N) is 1. The maximum Gasteiger partial charge on any atom is 0.321 e. The second-order valence-corrected chi connectivity index (χ2v) is 7.67. The highest BCUT2D eigenvalue weighted by Gasteiger charge is 2.24. The fourth-order valence-electron chi connectivity index (χ4n) is 2.51. The summed E-state index contributed by atoms with van der Waals surface area (Å²) >= 11 is 6.03. The van der Waals surface area contributed by atoms with Gasteiger partial charge in [-0.2, -0.15) is 0 Å². The van der Waals surface area contributed by atoms with Crippen LogP contribution < -0.4 is 10.5 Å². The van der Waals surface area contributed by atoms with Crippen LogP contribution in [0.4, 0.5) is 10.5 Å². The van der Waals surface area contributed by atoms with Crippen molar-refractivity contribution in [2.45, 2.75) is 37.2 Å². The topological polar surface area (TPSA) is 102 Å². The Labute approximate surface area is 147 Å². The molecule has 0 saturated carbocycles. The standard InChI is InChI=1S/C15H22ClN3O4S/c1-2-8-23-11-4-3-7-19(10-11)15(20)18-14-9-12(24(17,21)22)5-6-13(14)16/h5-6,9,11H,2-4,7-8,10H2,1H3,(H,18,20)(H2,17,21,22)/t11-/m0/s1. The van der Waals surface area contributed by atoms with Crippen LogP contribution in [-0.4, -0.2) is 45.1 Å². The molecule has 1 fully saturated rings. The molecule has 0 spiro atoms. The van der Waals surface area contributed by atoms with Crippen molar-refractivity contribution in [3.8, 4) is 0 Å². The van der Waals surface area contributed by atoms with Crippen LogP contribution in [0.25, 0.3) is 0 Å². The molecule has 0 aliphatic carbocycles. The minimum atomic E-state index is -3.87. The number of halogens is 1. The van der Waals surface area contributed by atoms with Crippen LogP contribution in [0.15, 0.2) is 23.1 Å². The van der Waals surface area contributed by atoms with E-state index >= 15 is 0 Å². The third-order valence-electron chi connectivity index (χ3n) is 3.73. The minimum absolute atomic E-state index is 0.0238. The summed E-state index contributed by atoms with van der Waals surface area (Å²) in [6.45, 7) is 3.82. The number of ether oxygens (including phenoxy) is 1. The molecular weight excluding hydrogens is 354 g/mol. The average molecular weight is 376 g/mol. The first-order valence-electron chi connectivity index (χ1n) is 7.81. The van der Waals surface area contributed by atoms with E-state index in [0.717, 1.165) is 19.3 Å². The number of carbonyl (C=O) groups excluding carboxylic acids is 1. The first kappa shape index (κ1) is 19.0. The molecular formula is C15H22ClN3O4S. The Morgan fingerprint density at radius 2 is 2.25 bits per heavy atom. The summed E-state index contributed by atoms with van der Waals surface area (Å²) in [7, 11) is -3.87. The third kappa shape index (κ3) is 5.07. The Balaban J connectivity index is 2.06. The summed E-state index contributed by atoms with van der Waals surface area (Å²) in [6.07, 6.45) is 2.73. The normalized spacial score (nSPS) is 18.5. The zero-order valence-electron chi connectivity index (χ0n) is 13.5. The molecule has 0 unspecified atom stereocenters. The predicted octanol–water partition coefficient (Wildman–Crippen LogP) is 2.41. The Bertz CT molecular complexity index is 696. The molecule has 0 bridgehead atoms. The number of likely N-dealkylation sites (tertiary alicyclic amines) is 1. The lowest BCUT2D eigenvalue weighted by Gasteiger charge is -2.32. The fourth-order valence-corrected chi connectivity index (χ4v) is 3.22. The van der Waals surface area contributed by atoms with Crippen LogP contribution in [-0.2, 0) is 14.8 Å². The Morgan fingerprint density at radius 1 is 1.50 bits per heavy atom. The van der Waals surface area contributed by atoms with E-state index in [0.29, 0.717) is 19.7 Å². The van der Waals surface area contributed by atoms with Crippen molar-refractivity contribution in [1.82, 2.24) is 4.90 Å². The third-order valence-corrected chi connectivity index (χ3v) is 4.97. The number of amides is 2. The molecule has 1 aliphatic rings. The number of sulfonamides is 1. The van der Waals surface area contributed by atoms with Crippen LogP contribution in [0.3, 0.4) is 0 Å². The molecule has 1 saturated heterocycles. The quantitative estimate of drug-likeness (QED) is 0.824. The molecule has 9 heteroatoms. The van der Waals surface area contributed by atoms with Gasteiger partial charge >= 0.3 is 6.03 Å². The number of anilines is 1. The van der Waals surface area contributed by atoms with E-state index in [9.17, 15) is 13.2 Å². The van der Waals surface area contributed by atoms with Crippen molar-refractivity contribution in [2.75, 3.05) is 25.0 Å². The number of primary sulfonamides is 1. The van der Waals surface area contributed by atoms with Crippen molar-refractivity contribution in [3.63, 3.8) is 0 Å². The maximum absolute atomic E-state index is 12.4. The van der Waals surface area contributed by atoms with Crippen molar-refractivity contribution >= 4 is 33.3 Å². The van der Waals surface area contributed by atoms with Crippen molar-refractivity contribution in [1.29, 1.82) is 0 Å². The summed E-state index contributed by atoms with van der Waals surface area (Å²) in [4.78, 5) is 14.0. The van der Waals surface area contributed by atoms with Gasteiger partial charge in [0.1, 0.15) is 0 Å². The number of nitrogens with one attached hydrogen (secondary N) is 1. The van der Waals surface area contributed by atoms with E-state index in [1.165, 1.54) is 18.2 Å². The monoisotopic (exact) mass is 375 g/mol. The lowest BCUT2D eigenvalue weighted by molar-refractivity contribution is 0.0115. The zero-order chi connectivity index (χ0) is 17.7. The molecule has 7 nitrogen and oxygen atoms in total. The smallest absolute Gasteiger partial charge is 0.321 e. The number of rotatable bonds is 5. The van der Waals surface area contributed by atoms with Gasteiger partial charge in [-0.05, 0) is 37.5 Å². The van der Waals surface area contributed by atoms with Gasteiger partial charge in [0, 0.05) is 19.7 Å². The molecule has 1 atom stereocenters. The first-order chi connectivity index (χ1) is 11.3. The zero-order valence-corrected chi connectivity index (χ0v) is 15.1. The van der Waals surface area contributed by atoms with E-state index in [4.69, 9.17) is 21.5 Å². The summed E-state index contributed by atoms with van der Waals surface area (Å²) in [5.41, 5.74) is 0.213. The van der Waals surface area contributed by atoms with Crippen LogP contribution in [0.2, 0.25) is 5.02 Å². The molecule has 0 aromatic heterocycles. The fraction of sp³-hybridized carbons (Fsp3) is 0.533. The average Bonchev–Trinajstić information content (AvgIpc) is 2.54. The van der Waals surface area contributed by atoms with Gasteiger partial charge in [-0.15, -0.1) is 0 Å². The SMILES string of the molecule is CCCO[C@H]1CCCN(C(=O)Nc2cc(S(N)(=O)=O)ccc2Cl)C1. The second-order valence-electron chi connectivity index (χ2n) is 5.70. The van der Waals surface area contributed by atoms with Gasteiger partial charge in [0.25, 0.3) is 0 Å². The summed E-state index contributed by atoms with van der Waals surface area (Å²) in [5, 5.41) is 7.99. The number of hydrogen-bond donors (Lipinski definition) is 2. The molecule has 2 rings (SSSR count). The van der Waals surface area contributed by atoms with Gasteiger partial charge < -0.3 is 15.0 Å². The van der Waals surface area contributed by atoms with E-state index in [1.807, 2.05) is 6.92 Å². The van der Waals surface area contributed by atoms with Crippen LogP contribution in [0.5, 0.6) is 0 Å². The van der Waals surface area contributed by atoms with Gasteiger partial charge in [0.2, 0.25) is 10.0 Å². The highest BCUT2D eigenvalue weighted by molar-refractivity contribution is 7.89. The van der Waals surface area contributed by atoms with Gasteiger partial charge in [-0.25, -0.2) is 18.4 Å². The Hall–Kier alpha value is -1.35. The van der Waals surface area contributed by atoms with Crippen molar-refractivity contribution < 1.29 is 17.9 Å². The predicted molar refractivity (Wildman–Crippen MR) is 92.7 cm³/mol. The number of hydrogen-bond acceptors (Lipinski definition) is 4. The molecule has 1 aliphatic heterocycles. The molecule has 1 aromatic carbocycles. The van der Waals surface area contributed by atoms with E-state index < -0.39 is 10.0 Å². The van der Waals surface area contributed by atoms with Gasteiger partial charge in [0.15, 0.2) is 0 Å². The molecule has 2 amide bonds. The van der Waals surface area contributed by atoms with Gasteiger partial charge in [0.05, 0.1) is 21.7 Å². The number of piperidine rings is 1. The highest BCUT2D eigenvalue weighted by Crippen LogP contribution is 2.25. The number of urea groups is 1. The summed E-state index contributed by atoms with van der Waals surface area (Å²) < 4.78 is 28.6. The lowest BCUT2D eigenvalue weighted by Crippen LogP contribution is -2.45. The summed E-state index contributed by atoms with van der Waals surface area (Å²) in [6, 6.07) is 3.60. The van der Waals surface area contributed by atoms with Crippen LogP contribution >= 0.6 is 11.6 Å². The van der Waals surface area contributed by atoms with Crippen LogP contribution in [0.1, 0.15) is 26.2 Å². The Morgan fingerprint density at radius 3 is 2.92 bits per heavy atom. The summed E-state index contributed by atoms with van der Waals surface area (Å²) in [5.74, 6) is 0. The van der Waals surface area contributed by atoms with Gasteiger partial charge in [-0.3, -0.25) is 0 Å². The largest absolute Gasteiger partial charge is 0.376 e. The molecule has 134 valence electrons. The van der Waals surface area contributed by atoms with Gasteiger partial charge in [-0.1, -0.05) is 18.5 Å². The first-order valence-corrected chi connectivity index (χ1v) is 9.73. The molecule has 3 N–H and O–H groups in total. The van der Waals surface area contributed by atoms with E-state index in [2.05, 4.69) is 5.32 Å². The number of benzene rings is 1. The van der Waals surface area contributed by atoms with Crippen molar-refractivity contribution in [2.24, 2.45) is 5.14 Å². The number of nitrogens with two attached hydrogens (primary N) is 1. The number of carbonyl (C=O) groups is 1. The second kappa shape index (κ2) is 8.15. The van der Waals surface area contributed by atoms with E-state index in [-0.39, 0.29) is 27.7 Å². The maximum atomic E-state index is 12.4. The highest BCUT2D eigenvalue weighted by atomic mass is 35.5.